The van der Waals surface area contributed by atoms with E-state index in [9.17, 15) is 4.79 Å². The molecule has 1 fully saturated rings. The molecule has 0 aromatic heterocycles. The summed E-state index contributed by atoms with van der Waals surface area (Å²) in [6.45, 7) is 7.28. The van der Waals surface area contributed by atoms with Gasteiger partial charge in [-0.3, -0.25) is 4.79 Å². The first-order chi connectivity index (χ1) is 13.0. The lowest BCUT2D eigenvalue weighted by Gasteiger charge is -2.26. The molecule has 1 amide bonds. The topological polar surface area (TPSA) is 44.4 Å². The van der Waals surface area contributed by atoms with Crippen LogP contribution in [-0.4, -0.2) is 17.6 Å². The first-order valence-corrected chi connectivity index (χ1v) is 9.90. The fourth-order valence-electron chi connectivity index (χ4n) is 3.52. The molecule has 5 heteroatoms. The van der Waals surface area contributed by atoms with Crippen molar-refractivity contribution < 1.29 is 4.79 Å². The Morgan fingerprint density at radius 2 is 1.93 bits per heavy atom. The first-order valence-electron chi connectivity index (χ1n) is 9.49. The second-order valence-electron chi connectivity index (χ2n) is 7.38. The molecule has 2 aromatic carbocycles. The molecule has 0 unspecified atom stereocenters. The van der Waals surface area contributed by atoms with Crippen molar-refractivity contribution in [2.75, 3.05) is 16.8 Å². The zero-order valence-electron chi connectivity index (χ0n) is 16.2. The van der Waals surface area contributed by atoms with Crippen LogP contribution in [0.1, 0.15) is 43.9 Å². The average molecular weight is 382 g/mol. The maximum atomic E-state index is 12.0. The van der Waals surface area contributed by atoms with Crippen LogP contribution in [0.5, 0.6) is 0 Å². The maximum absolute atomic E-state index is 12.0. The van der Waals surface area contributed by atoms with Gasteiger partial charge in [0.05, 0.1) is 6.04 Å². The van der Waals surface area contributed by atoms with Crippen molar-refractivity contribution in [2.24, 2.45) is 5.92 Å². The highest BCUT2D eigenvalue weighted by Gasteiger charge is 2.22. The van der Waals surface area contributed by atoms with Gasteiger partial charge in [0.1, 0.15) is 0 Å². The highest BCUT2D eigenvalue weighted by atomic mass is 32.1. The molecule has 4 nitrogen and oxygen atoms in total. The molecular formula is C22H27N3OS. The predicted octanol–water partition coefficient (Wildman–Crippen LogP) is 4.81. The predicted molar refractivity (Wildman–Crippen MR) is 116 cm³/mol. The van der Waals surface area contributed by atoms with E-state index in [0.29, 0.717) is 17.5 Å². The molecule has 142 valence electrons. The van der Waals surface area contributed by atoms with Crippen molar-refractivity contribution in [1.82, 2.24) is 5.32 Å². The van der Waals surface area contributed by atoms with Gasteiger partial charge in [0, 0.05) is 24.3 Å². The molecule has 1 heterocycles. The van der Waals surface area contributed by atoms with E-state index >= 15 is 0 Å². The van der Waals surface area contributed by atoms with Gasteiger partial charge in [0.25, 0.3) is 0 Å². The number of aryl methyl sites for hydroxylation is 1. The summed E-state index contributed by atoms with van der Waals surface area (Å²) < 4.78 is 0. The summed E-state index contributed by atoms with van der Waals surface area (Å²) in [6, 6.07) is 16.4. The molecule has 0 bridgehead atoms. The van der Waals surface area contributed by atoms with Gasteiger partial charge in [0.15, 0.2) is 5.11 Å². The minimum atomic E-state index is 0.134. The summed E-state index contributed by atoms with van der Waals surface area (Å²) in [4.78, 5) is 13.8. The van der Waals surface area contributed by atoms with E-state index in [0.717, 1.165) is 24.3 Å². The van der Waals surface area contributed by atoms with Gasteiger partial charge in [0.2, 0.25) is 5.91 Å². The molecule has 1 atom stereocenters. The number of anilines is 2. The second-order valence-corrected chi connectivity index (χ2v) is 7.78. The summed E-state index contributed by atoms with van der Waals surface area (Å²) in [5, 5.41) is 7.32. The van der Waals surface area contributed by atoms with E-state index in [2.05, 4.69) is 55.7 Å². The lowest BCUT2D eigenvalue weighted by molar-refractivity contribution is -0.117. The van der Waals surface area contributed by atoms with Crippen molar-refractivity contribution >= 4 is 34.6 Å². The quantitative estimate of drug-likeness (QED) is 0.730. The zero-order valence-corrected chi connectivity index (χ0v) is 17.0. The molecule has 0 aliphatic carbocycles. The van der Waals surface area contributed by atoms with Crippen LogP contribution in [0, 0.1) is 12.8 Å². The first kappa shape index (κ1) is 19.4. The molecule has 3 rings (SSSR count). The summed E-state index contributed by atoms with van der Waals surface area (Å²) in [5.74, 6) is 0.576. The molecule has 1 aliphatic heterocycles. The second kappa shape index (κ2) is 8.53. The van der Waals surface area contributed by atoms with Gasteiger partial charge in [-0.15, -0.1) is 0 Å². The Kier molecular flexibility index (Phi) is 6.11. The third kappa shape index (κ3) is 4.66. The molecule has 1 aliphatic rings. The number of benzene rings is 2. The standard InChI is InChI=1S/C22H27N3OS/c1-15(2)21(19-11-5-4-8-16(19)3)24-22(27)23-17-9-6-10-18(14-17)25-13-7-12-20(25)26/h4-6,8-11,14-15,21H,7,12-13H2,1-3H3,(H2,23,24,27)/t21-/m0/s1. The van der Waals surface area contributed by atoms with Crippen LogP contribution in [0.3, 0.4) is 0 Å². The van der Waals surface area contributed by atoms with Crippen LogP contribution in [0.4, 0.5) is 11.4 Å². The van der Waals surface area contributed by atoms with E-state index in [-0.39, 0.29) is 11.9 Å². The molecule has 2 aromatic rings. The minimum Gasteiger partial charge on any atom is -0.355 e. The van der Waals surface area contributed by atoms with Crippen LogP contribution in [0.15, 0.2) is 48.5 Å². The number of amides is 1. The zero-order chi connectivity index (χ0) is 19.4. The Morgan fingerprint density at radius 3 is 2.59 bits per heavy atom. The number of nitrogens with zero attached hydrogens (tertiary/aromatic N) is 1. The van der Waals surface area contributed by atoms with Crippen molar-refractivity contribution in [3.05, 3.63) is 59.7 Å². The van der Waals surface area contributed by atoms with Gasteiger partial charge in [-0.05, 0) is 60.8 Å². The SMILES string of the molecule is Cc1ccccc1[C@@H](NC(=S)Nc1cccc(N2CCCC2=O)c1)C(C)C. The van der Waals surface area contributed by atoms with Gasteiger partial charge in [-0.25, -0.2) is 0 Å². The molecular weight excluding hydrogens is 354 g/mol. The highest BCUT2D eigenvalue weighted by molar-refractivity contribution is 7.80. The number of hydrogen-bond donors (Lipinski definition) is 2. The Bertz CT molecular complexity index is 834. The van der Waals surface area contributed by atoms with Gasteiger partial charge < -0.3 is 15.5 Å². The van der Waals surface area contributed by atoms with E-state index in [4.69, 9.17) is 12.2 Å². The maximum Gasteiger partial charge on any atom is 0.227 e. The van der Waals surface area contributed by atoms with Crippen molar-refractivity contribution in [2.45, 2.75) is 39.7 Å². The fraction of sp³-hybridized carbons (Fsp3) is 0.364. The third-order valence-electron chi connectivity index (χ3n) is 4.97. The monoisotopic (exact) mass is 381 g/mol. The molecule has 2 N–H and O–H groups in total. The summed E-state index contributed by atoms with van der Waals surface area (Å²) >= 11 is 5.57. The summed E-state index contributed by atoms with van der Waals surface area (Å²) in [5.41, 5.74) is 4.32. The summed E-state index contributed by atoms with van der Waals surface area (Å²) in [6.07, 6.45) is 1.55. The number of thiocarbonyl (C=S) groups is 1. The van der Waals surface area contributed by atoms with Crippen molar-refractivity contribution in [1.29, 1.82) is 0 Å². The molecule has 0 radical (unpaired) electrons. The van der Waals surface area contributed by atoms with Crippen LogP contribution >= 0.6 is 12.2 Å². The Hall–Kier alpha value is -2.40. The number of carbonyl (C=O) groups excluding carboxylic acids is 1. The number of hydrogen-bond acceptors (Lipinski definition) is 2. The van der Waals surface area contributed by atoms with E-state index < -0.39 is 0 Å². The van der Waals surface area contributed by atoms with Gasteiger partial charge in [-0.1, -0.05) is 44.2 Å². The molecule has 0 spiro atoms. The molecule has 0 saturated carbocycles. The van der Waals surface area contributed by atoms with Gasteiger partial charge in [-0.2, -0.15) is 0 Å². The van der Waals surface area contributed by atoms with Crippen LogP contribution in [0.25, 0.3) is 0 Å². The van der Waals surface area contributed by atoms with Crippen molar-refractivity contribution in [3.8, 4) is 0 Å². The highest BCUT2D eigenvalue weighted by Crippen LogP contribution is 2.26. The summed E-state index contributed by atoms with van der Waals surface area (Å²) in [7, 11) is 0. The third-order valence-corrected chi connectivity index (χ3v) is 5.19. The number of carbonyl (C=O) groups is 1. The van der Waals surface area contributed by atoms with Gasteiger partial charge >= 0.3 is 0 Å². The van der Waals surface area contributed by atoms with E-state index in [1.807, 2.05) is 29.2 Å². The lowest BCUT2D eigenvalue weighted by Crippen LogP contribution is -2.35. The van der Waals surface area contributed by atoms with Crippen LogP contribution < -0.4 is 15.5 Å². The van der Waals surface area contributed by atoms with Crippen molar-refractivity contribution in [3.63, 3.8) is 0 Å². The number of rotatable bonds is 5. The Morgan fingerprint density at radius 1 is 1.15 bits per heavy atom. The lowest BCUT2D eigenvalue weighted by atomic mass is 9.93. The Balaban J connectivity index is 1.71. The molecule has 27 heavy (non-hydrogen) atoms. The molecule has 1 saturated heterocycles. The number of nitrogens with one attached hydrogen (secondary N) is 2. The van der Waals surface area contributed by atoms with Crippen LogP contribution in [0.2, 0.25) is 0 Å². The largest absolute Gasteiger partial charge is 0.355 e. The fourth-order valence-corrected chi connectivity index (χ4v) is 3.77. The minimum absolute atomic E-state index is 0.134. The normalized spacial score (nSPS) is 15.1. The Labute approximate surface area is 167 Å². The van der Waals surface area contributed by atoms with E-state index in [1.54, 1.807) is 0 Å². The van der Waals surface area contributed by atoms with E-state index in [1.165, 1.54) is 11.1 Å². The smallest absolute Gasteiger partial charge is 0.227 e. The van der Waals surface area contributed by atoms with Crippen LogP contribution in [-0.2, 0) is 4.79 Å². The average Bonchev–Trinajstić information content (AvgIpc) is 3.06.